The summed E-state index contributed by atoms with van der Waals surface area (Å²) in [4.78, 5) is 20.3. The highest BCUT2D eigenvalue weighted by Gasteiger charge is 2.22. The molecule has 7 heteroatoms. The van der Waals surface area contributed by atoms with E-state index in [4.69, 9.17) is 39.5 Å². The molecule has 0 saturated heterocycles. The van der Waals surface area contributed by atoms with Gasteiger partial charge in [0.2, 0.25) is 0 Å². The van der Waals surface area contributed by atoms with Crippen molar-refractivity contribution in [3.8, 4) is 5.75 Å². The minimum atomic E-state index is -0.300. The molecule has 0 spiro atoms. The molecule has 0 radical (unpaired) electrons. The number of carbonyl (C=O) groups is 1. The number of H-pyrrole nitrogens is 1. The Balaban J connectivity index is 1.66. The normalized spacial score (nSPS) is 11.0. The molecule has 0 atom stereocenters. The minimum absolute atomic E-state index is 0.171. The summed E-state index contributed by atoms with van der Waals surface area (Å²) in [7, 11) is 0. The summed E-state index contributed by atoms with van der Waals surface area (Å²) < 4.78 is 5.81. The van der Waals surface area contributed by atoms with E-state index in [0.717, 1.165) is 5.56 Å². The molecule has 2 aromatic carbocycles. The third-order valence-corrected chi connectivity index (χ3v) is 5.23. The molecule has 0 bridgehead atoms. The van der Waals surface area contributed by atoms with Crippen LogP contribution < -0.4 is 4.74 Å². The molecule has 0 saturated carbocycles. The number of aromatic nitrogens is 2. The standard InChI is InChI=1S/C21H13Cl3N2O2/c22-13-5-3-12(4-6-13)11-28-17-8-7-16(23)18(19(17)24)20(27)15-10-26-21-14(15)2-1-9-25-21/h1-10H,11H2,(H,25,26). The molecular formula is C21H13Cl3N2O2. The quantitative estimate of drug-likeness (QED) is 0.375. The molecule has 0 aliphatic carbocycles. The Bertz CT molecular complexity index is 1170. The molecule has 0 fully saturated rings. The van der Waals surface area contributed by atoms with Crippen molar-refractivity contribution in [2.24, 2.45) is 0 Å². The number of hydrogen-bond donors (Lipinski definition) is 1. The molecule has 2 heterocycles. The first-order chi connectivity index (χ1) is 13.5. The van der Waals surface area contributed by atoms with Crippen molar-refractivity contribution in [1.82, 2.24) is 9.97 Å². The topological polar surface area (TPSA) is 55.0 Å². The number of rotatable bonds is 5. The van der Waals surface area contributed by atoms with E-state index >= 15 is 0 Å². The molecule has 4 aromatic rings. The predicted molar refractivity (Wildman–Crippen MR) is 112 cm³/mol. The summed E-state index contributed by atoms with van der Waals surface area (Å²) >= 11 is 18.7. The van der Waals surface area contributed by atoms with Crippen molar-refractivity contribution in [3.63, 3.8) is 0 Å². The second-order valence-corrected chi connectivity index (χ2v) is 7.30. The maximum atomic E-state index is 13.1. The molecule has 0 aliphatic heterocycles. The lowest BCUT2D eigenvalue weighted by Gasteiger charge is -2.12. The van der Waals surface area contributed by atoms with E-state index in [1.807, 2.05) is 18.2 Å². The summed E-state index contributed by atoms with van der Waals surface area (Å²) in [5.41, 5.74) is 2.18. The molecule has 0 amide bonds. The fourth-order valence-corrected chi connectivity index (χ4v) is 3.60. The molecule has 0 unspecified atom stereocenters. The summed E-state index contributed by atoms with van der Waals surface area (Å²) in [6.07, 6.45) is 3.26. The maximum Gasteiger partial charge on any atom is 0.198 e. The number of ketones is 1. The van der Waals surface area contributed by atoms with Crippen LogP contribution >= 0.6 is 34.8 Å². The monoisotopic (exact) mass is 430 g/mol. The van der Waals surface area contributed by atoms with Crippen molar-refractivity contribution in [1.29, 1.82) is 0 Å². The fourth-order valence-electron chi connectivity index (χ4n) is 2.87. The van der Waals surface area contributed by atoms with Gasteiger partial charge in [-0.2, -0.15) is 0 Å². The third-order valence-electron chi connectivity index (χ3n) is 4.29. The molecule has 4 nitrogen and oxygen atoms in total. The van der Waals surface area contributed by atoms with Gasteiger partial charge in [-0.3, -0.25) is 4.79 Å². The van der Waals surface area contributed by atoms with Crippen LogP contribution in [0.5, 0.6) is 5.75 Å². The Morgan fingerprint density at radius 1 is 1.04 bits per heavy atom. The van der Waals surface area contributed by atoms with Gasteiger partial charge < -0.3 is 9.72 Å². The van der Waals surface area contributed by atoms with Gasteiger partial charge in [0.05, 0.1) is 15.6 Å². The smallest absolute Gasteiger partial charge is 0.198 e. The van der Waals surface area contributed by atoms with Gasteiger partial charge in [0, 0.05) is 28.4 Å². The lowest BCUT2D eigenvalue weighted by molar-refractivity contribution is 0.104. The van der Waals surface area contributed by atoms with Crippen LogP contribution in [-0.2, 0) is 6.61 Å². The molecule has 0 aliphatic rings. The molecule has 4 rings (SSSR count). The first-order valence-electron chi connectivity index (χ1n) is 8.36. The molecule has 2 aromatic heterocycles. The largest absolute Gasteiger partial charge is 0.487 e. The molecule has 28 heavy (non-hydrogen) atoms. The summed E-state index contributed by atoms with van der Waals surface area (Å²) in [6, 6.07) is 14.1. The van der Waals surface area contributed by atoms with Crippen LogP contribution in [0.2, 0.25) is 15.1 Å². The number of hydrogen-bond acceptors (Lipinski definition) is 3. The highest BCUT2D eigenvalue weighted by Crippen LogP contribution is 2.36. The van der Waals surface area contributed by atoms with Crippen LogP contribution in [0.1, 0.15) is 21.5 Å². The van der Waals surface area contributed by atoms with Crippen LogP contribution in [0, 0.1) is 0 Å². The first kappa shape index (κ1) is 18.8. The van der Waals surface area contributed by atoms with E-state index in [-0.39, 0.29) is 28.0 Å². The summed E-state index contributed by atoms with van der Waals surface area (Å²) in [6.45, 7) is 0.281. The van der Waals surface area contributed by atoms with Gasteiger partial charge in [0.15, 0.2) is 5.78 Å². The molecular weight excluding hydrogens is 419 g/mol. The maximum absolute atomic E-state index is 13.1. The van der Waals surface area contributed by atoms with E-state index in [9.17, 15) is 4.79 Å². The minimum Gasteiger partial charge on any atom is -0.487 e. The zero-order chi connectivity index (χ0) is 19.7. The van der Waals surface area contributed by atoms with Crippen molar-refractivity contribution in [2.75, 3.05) is 0 Å². The van der Waals surface area contributed by atoms with Gasteiger partial charge in [0.25, 0.3) is 0 Å². The number of carbonyl (C=O) groups excluding carboxylic acids is 1. The zero-order valence-electron chi connectivity index (χ0n) is 14.4. The van der Waals surface area contributed by atoms with Crippen LogP contribution in [0.4, 0.5) is 0 Å². The predicted octanol–water partition coefficient (Wildman–Crippen LogP) is 6.33. The summed E-state index contributed by atoms with van der Waals surface area (Å²) in [5, 5.41) is 1.78. The first-order valence-corrected chi connectivity index (χ1v) is 9.50. The second kappa shape index (κ2) is 7.84. The number of nitrogens with zero attached hydrogens (tertiary/aromatic N) is 1. The number of fused-ring (bicyclic) bond motifs is 1. The van der Waals surface area contributed by atoms with Crippen LogP contribution in [0.25, 0.3) is 11.0 Å². The number of aromatic amines is 1. The zero-order valence-corrected chi connectivity index (χ0v) is 16.6. The summed E-state index contributed by atoms with van der Waals surface area (Å²) in [5.74, 6) is 0.0773. The Morgan fingerprint density at radius 3 is 2.61 bits per heavy atom. The Hall–Kier alpha value is -2.53. The van der Waals surface area contributed by atoms with Crippen molar-refractivity contribution < 1.29 is 9.53 Å². The van der Waals surface area contributed by atoms with Gasteiger partial charge in [-0.1, -0.05) is 46.9 Å². The second-order valence-electron chi connectivity index (χ2n) is 6.08. The lowest BCUT2D eigenvalue weighted by Crippen LogP contribution is -2.05. The lowest BCUT2D eigenvalue weighted by atomic mass is 10.0. The highest BCUT2D eigenvalue weighted by molar-refractivity contribution is 6.42. The average molecular weight is 432 g/mol. The van der Waals surface area contributed by atoms with Gasteiger partial charge in [0.1, 0.15) is 18.0 Å². The highest BCUT2D eigenvalue weighted by atomic mass is 35.5. The Kier molecular flexibility index (Phi) is 5.27. The van der Waals surface area contributed by atoms with Crippen LogP contribution in [0.15, 0.2) is 60.9 Å². The van der Waals surface area contributed by atoms with Crippen molar-refractivity contribution >= 4 is 51.6 Å². The number of pyridine rings is 1. The third kappa shape index (κ3) is 3.59. The van der Waals surface area contributed by atoms with E-state index in [2.05, 4.69) is 9.97 Å². The SMILES string of the molecule is O=C(c1c(Cl)ccc(OCc2ccc(Cl)cc2)c1Cl)c1c[nH]c2ncccc12. The van der Waals surface area contributed by atoms with Crippen molar-refractivity contribution in [3.05, 3.63) is 92.7 Å². The Labute approximate surface area is 176 Å². The van der Waals surface area contributed by atoms with E-state index < -0.39 is 0 Å². The number of nitrogens with one attached hydrogen (secondary N) is 1. The van der Waals surface area contributed by atoms with E-state index in [1.54, 1.807) is 42.7 Å². The fraction of sp³-hybridized carbons (Fsp3) is 0.0476. The van der Waals surface area contributed by atoms with Crippen LogP contribution in [0.3, 0.4) is 0 Å². The van der Waals surface area contributed by atoms with Gasteiger partial charge in [-0.05, 0) is 42.0 Å². The number of halogens is 3. The number of ether oxygens (including phenoxy) is 1. The van der Waals surface area contributed by atoms with Gasteiger partial charge in [-0.25, -0.2) is 4.98 Å². The van der Waals surface area contributed by atoms with E-state index in [0.29, 0.717) is 27.4 Å². The van der Waals surface area contributed by atoms with E-state index in [1.165, 1.54) is 0 Å². The average Bonchev–Trinajstić information content (AvgIpc) is 3.13. The Morgan fingerprint density at radius 2 is 1.82 bits per heavy atom. The van der Waals surface area contributed by atoms with Gasteiger partial charge >= 0.3 is 0 Å². The van der Waals surface area contributed by atoms with Gasteiger partial charge in [-0.15, -0.1) is 0 Å². The number of benzene rings is 2. The van der Waals surface area contributed by atoms with Crippen molar-refractivity contribution in [2.45, 2.75) is 6.61 Å². The van der Waals surface area contributed by atoms with Crippen LogP contribution in [-0.4, -0.2) is 15.8 Å². The molecule has 1 N–H and O–H groups in total. The molecule has 140 valence electrons.